The Balaban J connectivity index is 1.89. The molecule has 0 amide bonds. The molecule has 3 aromatic rings. The summed E-state index contributed by atoms with van der Waals surface area (Å²) >= 11 is 0. The number of hydrogen-bond donors (Lipinski definition) is 0. The Hall–Kier alpha value is -3.18. The molecule has 0 fully saturated rings. The Morgan fingerprint density at radius 1 is 0.667 bits per heavy atom. The van der Waals surface area contributed by atoms with E-state index in [0.717, 1.165) is 22.6 Å². The molecule has 118 valence electrons. The van der Waals surface area contributed by atoms with Crippen LogP contribution in [0, 0.1) is 26.2 Å². The van der Waals surface area contributed by atoms with Crippen molar-refractivity contribution >= 4 is 0 Å². The van der Waals surface area contributed by atoms with Gasteiger partial charge in [0.1, 0.15) is 23.0 Å². The summed E-state index contributed by atoms with van der Waals surface area (Å²) in [7, 11) is 0. The van der Waals surface area contributed by atoms with Gasteiger partial charge in [0.15, 0.2) is 0 Å². The highest BCUT2D eigenvalue weighted by molar-refractivity contribution is 5.48. The van der Waals surface area contributed by atoms with Crippen molar-refractivity contribution in [2.45, 2.75) is 13.8 Å². The average molecular weight is 314 g/mol. The van der Waals surface area contributed by atoms with E-state index in [4.69, 9.17) is 15.9 Å². The summed E-state index contributed by atoms with van der Waals surface area (Å²) in [5.74, 6) is 5.48. The molecule has 0 radical (unpaired) electrons. The highest BCUT2D eigenvalue weighted by Gasteiger charge is 2.05. The maximum Gasteiger partial charge on any atom is 0.132 e. The Morgan fingerprint density at radius 3 is 1.58 bits per heavy atom. The summed E-state index contributed by atoms with van der Waals surface area (Å²) in [5, 5.41) is 0. The minimum absolute atomic E-state index is 0.652. The van der Waals surface area contributed by atoms with E-state index in [1.807, 2.05) is 80.6 Å². The lowest BCUT2D eigenvalue weighted by atomic mass is 10.2. The molecule has 0 heterocycles. The fourth-order valence-corrected chi connectivity index (χ4v) is 2.40. The van der Waals surface area contributed by atoms with Crippen LogP contribution in [0.1, 0.15) is 16.7 Å². The third-order valence-electron chi connectivity index (χ3n) is 3.50. The lowest BCUT2D eigenvalue weighted by Crippen LogP contribution is -1.90. The van der Waals surface area contributed by atoms with Gasteiger partial charge < -0.3 is 9.47 Å². The third kappa shape index (κ3) is 3.97. The van der Waals surface area contributed by atoms with Crippen LogP contribution in [-0.4, -0.2) is 0 Å². The van der Waals surface area contributed by atoms with Crippen molar-refractivity contribution < 1.29 is 9.47 Å². The topological polar surface area (TPSA) is 18.5 Å². The van der Waals surface area contributed by atoms with Crippen molar-refractivity contribution in [3.8, 4) is 35.3 Å². The zero-order valence-corrected chi connectivity index (χ0v) is 13.7. The first kappa shape index (κ1) is 15.7. The molecule has 24 heavy (non-hydrogen) atoms. The summed E-state index contributed by atoms with van der Waals surface area (Å²) in [5.41, 5.74) is 2.98. The van der Waals surface area contributed by atoms with Gasteiger partial charge in [-0.2, -0.15) is 0 Å². The molecule has 0 aromatic heterocycles. The fourth-order valence-electron chi connectivity index (χ4n) is 2.40. The van der Waals surface area contributed by atoms with E-state index < -0.39 is 0 Å². The zero-order chi connectivity index (χ0) is 16.9. The van der Waals surface area contributed by atoms with E-state index in [0.29, 0.717) is 17.1 Å². The van der Waals surface area contributed by atoms with Gasteiger partial charge in [-0.15, -0.1) is 6.42 Å². The highest BCUT2D eigenvalue weighted by atomic mass is 16.5. The van der Waals surface area contributed by atoms with Gasteiger partial charge in [0.05, 0.1) is 0 Å². The van der Waals surface area contributed by atoms with Crippen LogP contribution in [0.5, 0.6) is 23.0 Å². The summed E-state index contributed by atoms with van der Waals surface area (Å²) in [4.78, 5) is 0. The minimum atomic E-state index is 0.652. The third-order valence-corrected chi connectivity index (χ3v) is 3.50. The van der Waals surface area contributed by atoms with Gasteiger partial charge in [-0.25, -0.2) is 0 Å². The molecule has 0 aliphatic carbocycles. The smallest absolute Gasteiger partial charge is 0.132 e. The lowest BCUT2D eigenvalue weighted by Gasteiger charge is -2.11. The van der Waals surface area contributed by atoms with Crippen molar-refractivity contribution in [3.05, 3.63) is 83.4 Å². The Bertz CT molecular complexity index is 838. The Morgan fingerprint density at radius 2 is 1.17 bits per heavy atom. The van der Waals surface area contributed by atoms with E-state index in [1.165, 1.54) is 0 Å². The molecule has 3 rings (SSSR count). The maximum absolute atomic E-state index is 5.93. The van der Waals surface area contributed by atoms with Crippen molar-refractivity contribution in [1.29, 1.82) is 0 Å². The predicted molar refractivity (Wildman–Crippen MR) is 96.9 cm³/mol. The summed E-state index contributed by atoms with van der Waals surface area (Å²) in [6.45, 7) is 4.05. The van der Waals surface area contributed by atoms with Crippen LogP contribution < -0.4 is 9.47 Å². The molecule has 0 atom stereocenters. The largest absolute Gasteiger partial charge is 0.457 e. The molecular formula is C22H18O2. The molecule has 0 aliphatic heterocycles. The number of ether oxygens (including phenoxy) is 2. The van der Waals surface area contributed by atoms with Crippen LogP contribution in [0.4, 0.5) is 0 Å². The lowest BCUT2D eigenvalue weighted by molar-refractivity contribution is 0.460. The van der Waals surface area contributed by atoms with Crippen LogP contribution >= 0.6 is 0 Å². The fraction of sp³-hybridized carbons (Fsp3) is 0.0909. The molecule has 2 heteroatoms. The molecule has 3 aromatic carbocycles. The highest BCUT2D eigenvalue weighted by Crippen LogP contribution is 2.30. The van der Waals surface area contributed by atoms with Crippen LogP contribution in [0.3, 0.4) is 0 Å². The molecule has 0 saturated heterocycles. The monoisotopic (exact) mass is 314 g/mol. The normalized spacial score (nSPS) is 10.0. The molecule has 0 spiro atoms. The van der Waals surface area contributed by atoms with E-state index in [1.54, 1.807) is 0 Å². The van der Waals surface area contributed by atoms with Crippen LogP contribution in [0.15, 0.2) is 66.7 Å². The Labute approximate surface area is 142 Å². The maximum atomic E-state index is 5.93. The number of rotatable bonds is 4. The quantitative estimate of drug-likeness (QED) is 0.561. The van der Waals surface area contributed by atoms with Gasteiger partial charge in [-0.3, -0.25) is 0 Å². The van der Waals surface area contributed by atoms with Crippen molar-refractivity contribution in [2.24, 2.45) is 0 Å². The van der Waals surface area contributed by atoms with E-state index in [2.05, 4.69) is 5.92 Å². The summed E-state index contributed by atoms with van der Waals surface area (Å²) < 4.78 is 11.9. The second-order valence-electron chi connectivity index (χ2n) is 5.67. The number of terminal acetylenes is 1. The molecule has 0 unspecified atom stereocenters. The standard InChI is InChI=1S/C22H18O2/c1-4-18-13-21(23-19-9-5-7-16(2)11-19)15-22(14-18)24-20-10-6-8-17(3)12-20/h1,5-15H,2-3H3. The summed E-state index contributed by atoms with van der Waals surface area (Å²) in [6.07, 6.45) is 5.56. The van der Waals surface area contributed by atoms with E-state index >= 15 is 0 Å². The van der Waals surface area contributed by atoms with Crippen molar-refractivity contribution in [2.75, 3.05) is 0 Å². The first-order valence-electron chi connectivity index (χ1n) is 7.73. The SMILES string of the molecule is C#Cc1cc(Oc2cccc(C)c2)cc(Oc2cccc(C)c2)c1. The number of benzene rings is 3. The molecule has 0 saturated carbocycles. The van der Waals surface area contributed by atoms with Gasteiger partial charge in [0.2, 0.25) is 0 Å². The molecule has 0 bridgehead atoms. The average Bonchev–Trinajstić information content (AvgIpc) is 2.54. The van der Waals surface area contributed by atoms with Crippen LogP contribution in [0.25, 0.3) is 0 Å². The summed E-state index contributed by atoms with van der Waals surface area (Å²) in [6, 6.07) is 21.2. The Kier molecular flexibility index (Phi) is 4.54. The van der Waals surface area contributed by atoms with Gasteiger partial charge in [-0.05, 0) is 61.4 Å². The first-order valence-corrected chi connectivity index (χ1v) is 7.73. The second kappa shape index (κ2) is 6.93. The molecule has 2 nitrogen and oxygen atoms in total. The zero-order valence-electron chi connectivity index (χ0n) is 13.7. The number of hydrogen-bond acceptors (Lipinski definition) is 2. The van der Waals surface area contributed by atoms with Crippen molar-refractivity contribution in [1.82, 2.24) is 0 Å². The number of aryl methyl sites for hydroxylation is 2. The first-order chi connectivity index (χ1) is 11.6. The van der Waals surface area contributed by atoms with Gasteiger partial charge in [-0.1, -0.05) is 30.2 Å². The van der Waals surface area contributed by atoms with Crippen LogP contribution in [0.2, 0.25) is 0 Å². The molecule has 0 N–H and O–H groups in total. The predicted octanol–water partition coefficient (Wildman–Crippen LogP) is 5.87. The van der Waals surface area contributed by atoms with Gasteiger partial charge in [0.25, 0.3) is 0 Å². The van der Waals surface area contributed by atoms with Crippen LogP contribution in [-0.2, 0) is 0 Å². The second-order valence-corrected chi connectivity index (χ2v) is 5.67. The minimum Gasteiger partial charge on any atom is -0.457 e. The van der Waals surface area contributed by atoms with E-state index in [-0.39, 0.29) is 0 Å². The van der Waals surface area contributed by atoms with E-state index in [9.17, 15) is 0 Å². The molecule has 0 aliphatic rings. The van der Waals surface area contributed by atoms with Crippen molar-refractivity contribution in [3.63, 3.8) is 0 Å². The molecular weight excluding hydrogens is 296 g/mol. The van der Waals surface area contributed by atoms with Gasteiger partial charge in [0, 0.05) is 11.6 Å². The van der Waals surface area contributed by atoms with Gasteiger partial charge >= 0.3 is 0 Å².